The summed E-state index contributed by atoms with van der Waals surface area (Å²) in [7, 11) is -3.81. The first-order valence-corrected chi connectivity index (χ1v) is 11.9. The van der Waals surface area contributed by atoms with Crippen molar-refractivity contribution in [3.05, 3.63) is 69.3 Å². The molecule has 0 heterocycles. The second-order valence-corrected chi connectivity index (χ2v) is 9.70. The van der Waals surface area contributed by atoms with Gasteiger partial charge in [-0.15, -0.1) is 0 Å². The molecule has 0 bridgehead atoms. The normalized spacial score (nSPS) is 11.4. The van der Waals surface area contributed by atoms with Crippen LogP contribution >= 0.6 is 0 Å². The van der Waals surface area contributed by atoms with Crippen LogP contribution in [0.1, 0.15) is 42.9 Å². The van der Waals surface area contributed by atoms with E-state index in [0.29, 0.717) is 18.9 Å². The molecule has 0 unspecified atom stereocenters. The Bertz CT molecular complexity index is 1030. The van der Waals surface area contributed by atoms with Crippen LogP contribution in [-0.4, -0.2) is 38.6 Å². The van der Waals surface area contributed by atoms with Crippen LogP contribution in [0, 0.1) is 17.0 Å². The average Bonchev–Trinajstić information content (AvgIpc) is 2.69. The molecule has 0 atom stereocenters. The van der Waals surface area contributed by atoms with Crippen LogP contribution in [0.15, 0.2) is 42.5 Å². The number of nitrogens with zero attached hydrogens (tertiary/aromatic N) is 2. The number of nitro benzene ring substituents is 1. The zero-order valence-electron chi connectivity index (χ0n) is 18.3. The second-order valence-electron chi connectivity index (χ2n) is 7.80. The number of nitro groups is 1. The number of anilines is 1. The number of hydrogen-bond donors (Lipinski definition) is 1. The maximum absolute atomic E-state index is 12.4. The first-order valence-electron chi connectivity index (χ1n) is 10.1. The Hall–Kier alpha value is -2.94. The Morgan fingerprint density at radius 3 is 2.35 bits per heavy atom. The van der Waals surface area contributed by atoms with Crippen molar-refractivity contribution in [2.75, 3.05) is 23.7 Å². The molecule has 0 spiro atoms. The maximum atomic E-state index is 12.4. The van der Waals surface area contributed by atoms with E-state index >= 15 is 0 Å². The van der Waals surface area contributed by atoms with Crippen molar-refractivity contribution < 1.29 is 18.1 Å². The largest absolute Gasteiger partial charge is 0.355 e. The molecule has 1 N–H and O–H groups in total. The summed E-state index contributed by atoms with van der Waals surface area (Å²) in [6, 6.07) is 12.5. The summed E-state index contributed by atoms with van der Waals surface area (Å²) in [4.78, 5) is 23.0. The van der Waals surface area contributed by atoms with Gasteiger partial charge in [-0.3, -0.25) is 19.2 Å². The summed E-state index contributed by atoms with van der Waals surface area (Å²) in [5.74, 6) is 0.00676. The quantitative estimate of drug-likeness (QED) is 0.340. The molecule has 0 aliphatic heterocycles. The lowest BCUT2D eigenvalue weighted by Gasteiger charge is -2.23. The molecule has 0 saturated carbocycles. The number of amides is 1. The van der Waals surface area contributed by atoms with Crippen molar-refractivity contribution in [2.45, 2.75) is 39.5 Å². The topological polar surface area (TPSA) is 110 Å². The van der Waals surface area contributed by atoms with Gasteiger partial charge in [0, 0.05) is 12.6 Å². The van der Waals surface area contributed by atoms with Gasteiger partial charge in [0.15, 0.2) is 0 Å². The predicted molar refractivity (Wildman–Crippen MR) is 122 cm³/mol. The number of aryl methyl sites for hydroxylation is 1. The number of rotatable bonds is 10. The molecule has 2 aromatic carbocycles. The predicted octanol–water partition coefficient (Wildman–Crippen LogP) is 3.54. The second kappa shape index (κ2) is 10.4. The van der Waals surface area contributed by atoms with Gasteiger partial charge in [-0.2, -0.15) is 0 Å². The first kappa shape index (κ1) is 24.3. The van der Waals surface area contributed by atoms with E-state index < -0.39 is 27.4 Å². The zero-order valence-corrected chi connectivity index (χ0v) is 19.1. The fraction of sp³-hybridized carbons (Fsp3) is 0.409. The summed E-state index contributed by atoms with van der Waals surface area (Å²) < 4.78 is 25.4. The molecule has 0 aliphatic carbocycles. The highest BCUT2D eigenvalue weighted by Crippen LogP contribution is 2.29. The highest BCUT2D eigenvalue weighted by atomic mass is 32.2. The number of carbonyl (C=O) groups is 1. The Kier molecular flexibility index (Phi) is 8.15. The zero-order chi connectivity index (χ0) is 23.2. The monoisotopic (exact) mass is 447 g/mol. The van der Waals surface area contributed by atoms with Crippen molar-refractivity contribution in [1.82, 2.24) is 5.32 Å². The molecule has 2 aromatic rings. The molecule has 0 aromatic heterocycles. The highest BCUT2D eigenvalue weighted by molar-refractivity contribution is 7.92. The summed E-state index contributed by atoms with van der Waals surface area (Å²) >= 11 is 0. The van der Waals surface area contributed by atoms with E-state index in [2.05, 4.69) is 43.4 Å². The van der Waals surface area contributed by atoms with Crippen molar-refractivity contribution in [3.63, 3.8) is 0 Å². The van der Waals surface area contributed by atoms with Crippen LogP contribution in [-0.2, 0) is 21.2 Å². The Labute approximate surface area is 183 Å². The molecule has 8 nitrogen and oxygen atoms in total. The van der Waals surface area contributed by atoms with Gasteiger partial charge in [-0.1, -0.05) is 44.2 Å². The SMILES string of the molecule is Cc1c(N(CC(=O)NCCCc2ccc(C(C)C)cc2)S(C)(=O)=O)cccc1[N+](=O)[O-]. The van der Waals surface area contributed by atoms with Crippen LogP contribution in [0.5, 0.6) is 0 Å². The fourth-order valence-corrected chi connectivity index (χ4v) is 4.14. The minimum absolute atomic E-state index is 0.122. The number of carbonyl (C=O) groups excluding carboxylic acids is 1. The minimum atomic E-state index is -3.81. The van der Waals surface area contributed by atoms with Crippen molar-refractivity contribution in [1.29, 1.82) is 0 Å². The third kappa shape index (κ3) is 6.78. The van der Waals surface area contributed by atoms with E-state index in [1.165, 1.54) is 36.2 Å². The average molecular weight is 448 g/mol. The maximum Gasteiger partial charge on any atom is 0.274 e. The first-order chi connectivity index (χ1) is 14.5. The van der Waals surface area contributed by atoms with Crippen molar-refractivity contribution >= 4 is 27.3 Å². The van der Waals surface area contributed by atoms with Crippen LogP contribution in [0.4, 0.5) is 11.4 Å². The lowest BCUT2D eigenvalue weighted by atomic mass is 10.0. The lowest BCUT2D eigenvalue weighted by molar-refractivity contribution is -0.385. The number of hydrogen-bond acceptors (Lipinski definition) is 5. The van der Waals surface area contributed by atoms with Gasteiger partial charge < -0.3 is 5.32 Å². The van der Waals surface area contributed by atoms with Gasteiger partial charge in [0.05, 0.1) is 22.4 Å². The van der Waals surface area contributed by atoms with Crippen molar-refractivity contribution in [2.24, 2.45) is 0 Å². The Balaban J connectivity index is 1.98. The number of sulfonamides is 1. The summed E-state index contributed by atoms with van der Waals surface area (Å²) in [5, 5.41) is 13.9. The summed E-state index contributed by atoms with van der Waals surface area (Å²) in [6.45, 7) is 5.70. The van der Waals surface area contributed by atoms with Crippen LogP contribution in [0.25, 0.3) is 0 Å². The van der Waals surface area contributed by atoms with Gasteiger partial charge in [-0.05, 0) is 42.9 Å². The van der Waals surface area contributed by atoms with Gasteiger partial charge >= 0.3 is 0 Å². The molecule has 0 saturated heterocycles. The molecule has 1 amide bonds. The molecule has 0 aliphatic rings. The molecule has 9 heteroatoms. The third-order valence-electron chi connectivity index (χ3n) is 5.04. The highest BCUT2D eigenvalue weighted by Gasteiger charge is 2.25. The number of benzene rings is 2. The van der Waals surface area contributed by atoms with Crippen LogP contribution < -0.4 is 9.62 Å². The Morgan fingerprint density at radius 1 is 1.16 bits per heavy atom. The third-order valence-corrected chi connectivity index (χ3v) is 6.17. The molecule has 0 fully saturated rings. The Morgan fingerprint density at radius 2 is 1.81 bits per heavy atom. The molecular weight excluding hydrogens is 418 g/mol. The van der Waals surface area contributed by atoms with E-state index in [1.807, 2.05) is 0 Å². The van der Waals surface area contributed by atoms with Gasteiger partial charge in [0.25, 0.3) is 5.69 Å². The molecule has 31 heavy (non-hydrogen) atoms. The molecular formula is C22H29N3O5S. The minimum Gasteiger partial charge on any atom is -0.355 e. The summed E-state index contributed by atoms with van der Waals surface area (Å²) in [6.07, 6.45) is 2.47. The summed E-state index contributed by atoms with van der Waals surface area (Å²) in [5.41, 5.74) is 2.56. The van der Waals surface area contributed by atoms with E-state index in [4.69, 9.17) is 0 Å². The molecule has 0 radical (unpaired) electrons. The van der Waals surface area contributed by atoms with E-state index in [0.717, 1.165) is 17.0 Å². The fourth-order valence-electron chi connectivity index (χ4n) is 3.24. The number of nitrogens with one attached hydrogen (secondary N) is 1. The van der Waals surface area contributed by atoms with Crippen LogP contribution in [0.2, 0.25) is 0 Å². The van der Waals surface area contributed by atoms with Gasteiger partial charge in [0.1, 0.15) is 6.54 Å². The van der Waals surface area contributed by atoms with E-state index in [1.54, 1.807) is 0 Å². The van der Waals surface area contributed by atoms with Crippen LogP contribution in [0.3, 0.4) is 0 Å². The van der Waals surface area contributed by atoms with Gasteiger partial charge in [0.2, 0.25) is 15.9 Å². The molecule has 168 valence electrons. The van der Waals surface area contributed by atoms with Gasteiger partial charge in [-0.25, -0.2) is 8.42 Å². The standard InChI is InChI=1S/C22H29N3O5S/c1-16(2)19-12-10-18(11-13-19)7-6-14-23-22(26)15-24(31(4,29)30)20-8-5-9-21(17(20)3)25(27)28/h5,8-13,16H,6-7,14-15H2,1-4H3,(H,23,26). The smallest absolute Gasteiger partial charge is 0.274 e. The van der Waals surface area contributed by atoms with E-state index in [-0.39, 0.29) is 16.9 Å². The van der Waals surface area contributed by atoms with Crippen molar-refractivity contribution in [3.8, 4) is 0 Å². The van der Waals surface area contributed by atoms with E-state index in [9.17, 15) is 23.3 Å². The molecule has 2 rings (SSSR count). The lowest BCUT2D eigenvalue weighted by Crippen LogP contribution is -2.41.